The molecular formula is C27H31Cl2F2NO3S. The smallest absolute Gasteiger partial charge is 0.267 e. The predicted octanol–water partition coefficient (Wildman–Crippen LogP) is 7.99. The molecule has 4 nitrogen and oxygen atoms in total. The molecule has 2 aliphatic rings. The van der Waals surface area contributed by atoms with Gasteiger partial charge in [-0.1, -0.05) is 30.3 Å². The Morgan fingerprint density at radius 2 is 1.61 bits per heavy atom. The van der Waals surface area contributed by atoms with Crippen molar-refractivity contribution in [3.8, 4) is 11.5 Å². The van der Waals surface area contributed by atoms with Gasteiger partial charge < -0.3 is 14.4 Å². The Kier molecular flexibility index (Phi) is 14.9. The number of hydrogen-bond acceptors (Lipinski definition) is 4. The van der Waals surface area contributed by atoms with Crippen LogP contribution in [0.4, 0.5) is 8.78 Å². The van der Waals surface area contributed by atoms with Crippen molar-refractivity contribution >= 4 is 40.9 Å². The summed E-state index contributed by atoms with van der Waals surface area (Å²) in [6.45, 7) is 11.8. The van der Waals surface area contributed by atoms with Crippen LogP contribution in [0.1, 0.15) is 36.1 Å². The molecule has 1 atom stereocenters. The standard InChI is InChI=1S/C18H15F2NO3S.C5H7Cl.C3H6.CH3Cl/c19-12-3-1-11(2-4-12)18-23-15-9-13(14(20)10-16(15)24-18)17(22)21-5-7-25-8-6-21;1-3-4-5(2)6;1-3-2;1-2/h1-4,9-10,18H,5-8H2;3-4H,2H2,1H3;3H,1H2,2H3;1H3/b;4-3-;;. The number of rotatable bonds is 3. The first-order valence-electron chi connectivity index (χ1n) is 11.0. The van der Waals surface area contributed by atoms with Crippen molar-refractivity contribution in [3.63, 3.8) is 0 Å². The van der Waals surface area contributed by atoms with Gasteiger partial charge in [0.1, 0.15) is 11.6 Å². The van der Waals surface area contributed by atoms with Crippen LogP contribution < -0.4 is 9.47 Å². The average Bonchev–Trinajstić information content (AvgIpc) is 3.29. The molecule has 0 radical (unpaired) electrons. The number of thioether (sulfide) groups is 1. The van der Waals surface area contributed by atoms with Crippen molar-refractivity contribution in [2.75, 3.05) is 31.0 Å². The minimum Gasteiger partial charge on any atom is -0.447 e. The van der Waals surface area contributed by atoms with Gasteiger partial charge in [-0.15, -0.1) is 18.2 Å². The zero-order valence-corrected chi connectivity index (χ0v) is 22.9. The molecule has 0 spiro atoms. The van der Waals surface area contributed by atoms with Crippen LogP contribution in [0, 0.1) is 11.6 Å². The quantitative estimate of drug-likeness (QED) is 0.218. The van der Waals surface area contributed by atoms with E-state index in [0.717, 1.165) is 11.5 Å². The van der Waals surface area contributed by atoms with Crippen molar-refractivity contribution in [2.24, 2.45) is 0 Å². The van der Waals surface area contributed by atoms with Crippen LogP contribution in [0.25, 0.3) is 0 Å². The van der Waals surface area contributed by atoms with Crippen LogP contribution in [0.2, 0.25) is 0 Å². The third-order valence-corrected chi connectivity index (χ3v) is 5.59. The van der Waals surface area contributed by atoms with E-state index in [1.165, 1.54) is 30.6 Å². The molecule has 2 aromatic rings. The predicted molar refractivity (Wildman–Crippen MR) is 147 cm³/mol. The lowest BCUT2D eigenvalue weighted by Gasteiger charge is -2.26. The number of alkyl halides is 1. The Hall–Kier alpha value is -2.48. The molecule has 0 N–H and O–H groups in total. The molecule has 1 unspecified atom stereocenters. The number of fused-ring (bicyclic) bond motifs is 1. The van der Waals surface area contributed by atoms with E-state index in [0.29, 0.717) is 29.4 Å². The lowest BCUT2D eigenvalue weighted by atomic mass is 10.1. The molecule has 0 saturated carbocycles. The number of carbonyl (C=O) groups is 1. The van der Waals surface area contributed by atoms with Crippen LogP contribution in [0.3, 0.4) is 0 Å². The monoisotopic (exact) mass is 557 g/mol. The summed E-state index contributed by atoms with van der Waals surface area (Å²) >= 11 is 11.7. The highest BCUT2D eigenvalue weighted by atomic mass is 35.5. The maximum Gasteiger partial charge on any atom is 0.267 e. The number of carbonyl (C=O) groups excluding carboxylic acids is 1. The maximum absolute atomic E-state index is 14.4. The summed E-state index contributed by atoms with van der Waals surface area (Å²) in [6, 6.07) is 8.24. The molecule has 196 valence electrons. The van der Waals surface area contributed by atoms with Gasteiger partial charge >= 0.3 is 0 Å². The lowest BCUT2D eigenvalue weighted by molar-refractivity contribution is 0.0485. The van der Waals surface area contributed by atoms with Crippen molar-refractivity contribution in [2.45, 2.75) is 20.1 Å². The van der Waals surface area contributed by atoms with Gasteiger partial charge in [-0.3, -0.25) is 4.79 Å². The summed E-state index contributed by atoms with van der Waals surface area (Å²) in [5.74, 6) is 0.912. The van der Waals surface area contributed by atoms with Crippen molar-refractivity contribution in [3.05, 3.63) is 95.6 Å². The summed E-state index contributed by atoms with van der Waals surface area (Å²) in [6.07, 6.45) is 6.02. The van der Waals surface area contributed by atoms with E-state index in [4.69, 9.17) is 21.1 Å². The second-order valence-electron chi connectivity index (χ2n) is 7.16. The molecule has 2 aromatic carbocycles. The molecule has 0 aromatic heterocycles. The Labute approximate surface area is 226 Å². The van der Waals surface area contributed by atoms with Gasteiger partial charge in [0.2, 0.25) is 0 Å². The van der Waals surface area contributed by atoms with E-state index < -0.39 is 12.1 Å². The number of amides is 1. The number of halogens is 4. The normalized spacial score (nSPS) is 15.4. The van der Waals surface area contributed by atoms with Crippen LogP contribution in [0.5, 0.6) is 11.5 Å². The van der Waals surface area contributed by atoms with E-state index in [1.54, 1.807) is 40.9 Å². The van der Waals surface area contributed by atoms with Gasteiger partial charge in [0.25, 0.3) is 12.2 Å². The van der Waals surface area contributed by atoms with Gasteiger partial charge in [-0.05, 0) is 50.3 Å². The number of ether oxygens (including phenoxy) is 2. The van der Waals surface area contributed by atoms with Crippen LogP contribution in [-0.2, 0) is 0 Å². The third kappa shape index (κ3) is 9.88. The SMILES string of the molecule is C=C(Cl)/C=C\C.C=CC.CCl.O=C(c1cc2c(cc1F)OC(c1ccc(F)cc1)O2)N1CCSCC1. The van der Waals surface area contributed by atoms with E-state index >= 15 is 0 Å². The molecule has 36 heavy (non-hydrogen) atoms. The van der Waals surface area contributed by atoms with E-state index in [9.17, 15) is 13.6 Å². The Morgan fingerprint density at radius 1 is 1.08 bits per heavy atom. The van der Waals surface area contributed by atoms with Crippen LogP contribution >= 0.6 is 35.0 Å². The molecule has 1 fully saturated rings. The molecule has 1 saturated heterocycles. The zero-order chi connectivity index (χ0) is 27.1. The van der Waals surface area contributed by atoms with Crippen molar-refractivity contribution in [1.29, 1.82) is 0 Å². The highest BCUT2D eigenvalue weighted by molar-refractivity contribution is 7.99. The van der Waals surface area contributed by atoms with Gasteiger partial charge in [0.15, 0.2) is 11.5 Å². The van der Waals surface area contributed by atoms with E-state index in [1.807, 2.05) is 19.9 Å². The highest BCUT2D eigenvalue weighted by Gasteiger charge is 2.30. The van der Waals surface area contributed by atoms with Gasteiger partial charge in [-0.25, -0.2) is 8.78 Å². The molecular weight excluding hydrogens is 527 g/mol. The Bertz CT molecular complexity index is 1030. The highest BCUT2D eigenvalue weighted by Crippen LogP contribution is 2.42. The first-order chi connectivity index (χ1) is 17.3. The molecule has 0 aliphatic carbocycles. The minimum atomic E-state index is -0.785. The molecule has 4 rings (SSSR count). The van der Waals surface area contributed by atoms with Crippen LogP contribution in [-0.4, -0.2) is 41.8 Å². The van der Waals surface area contributed by atoms with Crippen molar-refractivity contribution < 1.29 is 23.0 Å². The topological polar surface area (TPSA) is 38.8 Å². The van der Waals surface area contributed by atoms with E-state index in [2.05, 4.69) is 24.8 Å². The van der Waals surface area contributed by atoms with Gasteiger partial charge in [-0.2, -0.15) is 11.8 Å². The van der Waals surface area contributed by atoms with Crippen molar-refractivity contribution in [1.82, 2.24) is 4.90 Å². The fourth-order valence-corrected chi connectivity index (χ4v) is 4.04. The average molecular weight is 559 g/mol. The van der Waals surface area contributed by atoms with Crippen LogP contribution in [0.15, 0.2) is 72.8 Å². The lowest BCUT2D eigenvalue weighted by Crippen LogP contribution is -2.38. The number of allylic oxidation sites excluding steroid dienone is 4. The molecule has 1 amide bonds. The summed E-state index contributed by atoms with van der Waals surface area (Å²) < 4.78 is 38.7. The summed E-state index contributed by atoms with van der Waals surface area (Å²) in [5.41, 5.74) is 0.591. The molecule has 2 aliphatic heterocycles. The third-order valence-electron chi connectivity index (χ3n) is 4.52. The van der Waals surface area contributed by atoms with E-state index in [-0.39, 0.29) is 23.0 Å². The Balaban J connectivity index is 0.000000504. The zero-order valence-electron chi connectivity index (χ0n) is 20.6. The second-order valence-corrected chi connectivity index (χ2v) is 8.87. The summed E-state index contributed by atoms with van der Waals surface area (Å²) in [4.78, 5) is 14.2. The van der Waals surface area contributed by atoms with Gasteiger partial charge in [0, 0.05) is 47.6 Å². The summed E-state index contributed by atoms with van der Waals surface area (Å²) in [5, 5.41) is 0.581. The molecule has 9 heteroatoms. The number of benzene rings is 2. The first kappa shape index (κ1) is 31.5. The fourth-order valence-electron chi connectivity index (χ4n) is 3.01. The number of hydrogen-bond donors (Lipinski definition) is 0. The summed E-state index contributed by atoms with van der Waals surface area (Å²) in [7, 11) is 0. The minimum absolute atomic E-state index is 0.0194. The fraction of sp³-hybridized carbons (Fsp3) is 0.296. The maximum atomic E-state index is 14.4. The molecule has 0 bridgehead atoms. The van der Waals surface area contributed by atoms with Gasteiger partial charge in [0.05, 0.1) is 5.56 Å². The second kappa shape index (κ2) is 17.1. The number of nitrogens with zero attached hydrogens (tertiary/aromatic N) is 1. The first-order valence-corrected chi connectivity index (χ1v) is 13.3. The Morgan fingerprint density at radius 3 is 2.08 bits per heavy atom. The largest absolute Gasteiger partial charge is 0.447 e. The molecule has 2 heterocycles.